The van der Waals surface area contributed by atoms with Crippen LogP contribution < -0.4 is 21.3 Å². The standard InChI is InChI=1S/C18H22N8O3S.C18H29N5O3S.C9H15ClN2O3S.C9H14N2O4S/c1-2-19-18-20-14-16(28)15(27)13(29-17(14)30-18)9-25-7-10(21-23-25)8-26-12-6-4-3-5-11(12)22-24-26;1-2-19-18-20-14-16(25)15(24)13(26-17(14)27-18)10-23-9-12(21-22-23)8-11-6-4-3-5-7-11;1-2-11-9-12-5-7(14)6(13)4(3-10)15-8(5)16-9;1-2-10-9-11-5-7(14)6(13)4(3-12)15-8(5)16-9/h3-7,13-17,27-28H,2,8-9H2,1H3,(H,19,20);9,11,13-17,24-25H,2-8,10H2,1H3,(H,19,20);4-8,13-14H,2-3H2,1H3,(H,11,12);3-8,13-14H,2H2,1H3,(H,10,11)/t2*13-,14-,15-,16-,17-;2*4-,5-,6-,7-,8-/m1111/s1. The Morgan fingerprint density at radius 2 is 0.978 bits per heavy atom. The van der Waals surface area contributed by atoms with Crippen molar-refractivity contribution in [1.29, 1.82) is 0 Å². The van der Waals surface area contributed by atoms with Crippen molar-refractivity contribution in [3.8, 4) is 0 Å². The SMILES string of the molecule is CCN=C1N[C@@H]2[C@@H](O)[C@H](O)[C@@H](C=O)O[C@@H]2S1.CCN=C1N[C@@H]2[C@@H](O)[C@H](O)[C@@H](CCl)O[C@@H]2S1.CCN=C1N[C@@H]2[C@@H](O)[C@H](O)[C@@H](Cn3cc(CC4CCCCC4)nn3)O[C@@H]2S1.CCN=C1N[C@@H]2[C@@H](O)[C@H](O)[C@@H](Cn3cc(Cn4nnc5ccccc54)nn3)O[C@@H]2S1. The largest absolute Gasteiger partial charge is 0.388 e. The van der Waals surface area contributed by atoms with Crippen molar-refractivity contribution < 1.29 is 64.6 Å². The molecule has 0 bridgehead atoms. The van der Waals surface area contributed by atoms with E-state index in [1.807, 2.05) is 58.2 Å². The van der Waals surface area contributed by atoms with E-state index in [-0.39, 0.29) is 46.3 Å². The van der Waals surface area contributed by atoms with E-state index < -0.39 is 85.3 Å². The normalized spacial score (nSPS) is 37.3. The molecule has 9 aliphatic rings. The highest BCUT2D eigenvalue weighted by molar-refractivity contribution is 8.15. The summed E-state index contributed by atoms with van der Waals surface area (Å²) in [6.07, 6.45) is 1.20. The fourth-order valence-corrected chi connectivity index (χ4v) is 16.6. The predicted molar refractivity (Wildman–Crippen MR) is 336 cm³/mol. The van der Waals surface area contributed by atoms with Crippen LogP contribution in [0.15, 0.2) is 56.6 Å². The molecule has 0 radical (unpaired) electrons. The zero-order valence-electron chi connectivity index (χ0n) is 49.5. The summed E-state index contributed by atoms with van der Waals surface area (Å²) in [7, 11) is 0. The minimum atomic E-state index is -1.19. The van der Waals surface area contributed by atoms with Gasteiger partial charge in [-0.25, -0.2) is 14.0 Å². The first kappa shape index (κ1) is 67.5. The van der Waals surface area contributed by atoms with Crippen LogP contribution in [-0.4, -0.2) is 264 Å². The Bertz CT molecular complexity index is 3080. The number of hydrogen-bond donors (Lipinski definition) is 12. The number of aromatic nitrogens is 9. The van der Waals surface area contributed by atoms with E-state index in [0.29, 0.717) is 62.3 Å². The first-order valence-corrected chi connectivity index (χ1v) is 34.2. The topological polar surface area (TPSA) is 406 Å². The Kier molecular flexibility index (Phi) is 23.9. The van der Waals surface area contributed by atoms with Gasteiger partial charge < -0.3 is 85.9 Å². The Morgan fingerprint density at radius 1 is 0.551 bits per heavy atom. The third-order valence-corrected chi connectivity index (χ3v) is 20.9. The van der Waals surface area contributed by atoms with Gasteiger partial charge >= 0.3 is 0 Å². The van der Waals surface area contributed by atoms with Crippen molar-refractivity contribution in [2.24, 2.45) is 25.9 Å². The number of carbonyl (C=O) groups is 1. The van der Waals surface area contributed by atoms with Gasteiger partial charge in [-0.3, -0.25) is 20.0 Å². The molecule has 3 aromatic heterocycles. The molecule has 0 spiro atoms. The van der Waals surface area contributed by atoms with E-state index in [1.54, 1.807) is 20.2 Å². The van der Waals surface area contributed by atoms with Crippen molar-refractivity contribution in [3.63, 3.8) is 0 Å². The molecule has 8 saturated heterocycles. The lowest BCUT2D eigenvalue weighted by molar-refractivity contribution is -0.161. The number of aliphatic imine (C=N–C) groups is 4. The van der Waals surface area contributed by atoms with Gasteiger partial charge in [0.2, 0.25) is 0 Å². The second-order valence-electron chi connectivity index (χ2n) is 22.4. The summed E-state index contributed by atoms with van der Waals surface area (Å²) in [6.45, 7) is 11.4. The van der Waals surface area contributed by atoms with E-state index in [1.165, 1.54) is 79.2 Å². The minimum Gasteiger partial charge on any atom is -0.388 e. The molecule has 13 rings (SSSR count). The number of aliphatic hydroxyl groups is 8. The van der Waals surface area contributed by atoms with Crippen LogP contribution in [0.3, 0.4) is 0 Å². The molecule has 0 unspecified atom stereocenters. The summed E-state index contributed by atoms with van der Waals surface area (Å²) in [5.41, 5.74) is 2.27. The van der Waals surface area contributed by atoms with Crippen molar-refractivity contribution in [2.75, 3.05) is 32.1 Å². The fourth-order valence-electron chi connectivity index (χ4n) is 11.6. The molecule has 1 aliphatic carbocycles. The average Bonchev–Trinajstić information content (AvgIpc) is 1.87. The van der Waals surface area contributed by atoms with Crippen molar-refractivity contribution in [2.45, 2.75) is 205 Å². The number of amidine groups is 4. The van der Waals surface area contributed by atoms with E-state index in [2.05, 4.69) is 72.2 Å². The molecule has 0 amide bonds. The number of alkyl halides is 1. The number of aldehydes is 1. The number of fused-ring (bicyclic) bond motifs is 5. The second-order valence-corrected chi connectivity index (χ2v) is 27.0. The van der Waals surface area contributed by atoms with Crippen LogP contribution in [0, 0.1) is 5.92 Å². The average molecular weight is 1340 g/mol. The second kappa shape index (κ2) is 31.5. The number of ether oxygens (including phenoxy) is 4. The first-order valence-electron chi connectivity index (χ1n) is 30.1. The summed E-state index contributed by atoms with van der Waals surface area (Å²) in [5, 5.41) is 122. The number of aliphatic hydroxyl groups excluding tert-OH is 8. The molecule has 490 valence electrons. The molecule has 35 heteroatoms. The molecule has 89 heavy (non-hydrogen) atoms. The Hall–Kier alpha value is -4.34. The van der Waals surface area contributed by atoms with E-state index >= 15 is 0 Å². The molecule has 11 heterocycles. The Morgan fingerprint density at radius 3 is 1.45 bits per heavy atom. The van der Waals surface area contributed by atoms with Crippen LogP contribution in [0.4, 0.5) is 0 Å². The molecular formula is C54H80ClN17O13S4. The number of para-hydroxylation sites is 1. The number of carbonyl (C=O) groups excluding carboxylic acids is 1. The zero-order valence-corrected chi connectivity index (χ0v) is 53.5. The van der Waals surface area contributed by atoms with Crippen molar-refractivity contribution >= 4 is 96.6 Å². The third-order valence-electron chi connectivity index (χ3n) is 16.2. The smallest absolute Gasteiger partial charge is 0.159 e. The maximum atomic E-state index is 10.7. The quantitative estimate of drug-likeness (QED) is 0.0532. The van der Waals surface area contributed by atoms with E-state index in [4.69, 9.17) is 30.5 Å². The molecular weight excluding hydrogens is 1260 g/mol. The van der Waals surface area contributed by atoms with Gasteiger partial charge in [-0.2, -0.15) is 0 Å². The highest BCUT2D eigenvalue weighted by Crippen LogP contribution is 2.38. The monoisotopic (exact) mass is 1340 g/mol. The van der Waals surface area contributed by atoms with Crippen LogP contribution in [0.25, 0.3) is 11.0 Å². The maximum absolute atomic E-state index is 10.7. The summed E-state index contributed by atoms with van der Waals surface area (Å²) >= 11 is 11.3. The van der Waals surface area contributed by atoms with Gasteiger partial charge in [-0.1, -0.05) is 107 Å². The third kappa shape index (κ3) is 16.2. The van der Waals surface area contributed by atoms with Gasteiger partial charge in [0, 0.05) is 32.4 Å². The van der Waals surface area contributed by atoms with E-state index in [0.717, 1.165) is 38.7 Å². The Balaban J connectivity index is 0.000000136. The van der Waals surface area contributed by atoms with Crippen LogP contribution in [-0.2, 0) is 49.8 Å². The predicted octanol–water partition coefficient (Wildman–Crippen LogP) is -1.01. The van der Waals surface area contributed by atoms with Gasteiger partial charge in [-0.05, 0) is 52.2 Å². The maximum Gasteiger partial charge on any atom is 0.159 e. The van der Waals surface area contributed by atoms with Gasteiger partial charge in [0.05, 0.1) is 67.1 Å². The van der Waals surface area contributed by atoms with Gasteiger partial charge in [0.15, 0.2) is 27.0 Å². The lowest BCUT2D eigenvalue weighted by atomic mass is 9.86. The van der Waals surface area contributed by atoms with Crippen LogP contribution in [0.2, 0.25) is 0 Å². The molecule has 20 atom stereocenters. The molecule has 12 N–H and O–H groups in total. The van der Waals surface area contributed by atoms with Crippen molar-refractivity contribution in [1.82, 2.24) is 66.2 Å². The summed E-state index contributed by atoms with van der Waals surface area (Å²) < 4.78 is 28.2. The summed E-state index contributed by atoms with van der Waals surface area (Å²) in [5.74, 6) is 0.877. The minimum absolute atomic E-state index is 0.169. The molecule has 1 saturated carbocycles. The number of nitrogens with one attached hydrogen (secondary N) is 4. The number of halogens is 1. The molecule has 30 nitrogen and oxygen atoms in total. The molecule has 8 aliphatic heterocycles. The molecule has 9 fully saturated rings. The van der Waals surface area contributed by atoms with Crippen LogP contribution in [0.1, 0.15) is 71.2 Å². The summed E-state index contributed by atoms with van der Waals surface area (Å²) in [6, 6.07) is 6.25. The highest BCUT2D eigenvalue weighted by Gasteiger charge is 2.52. The molecule has 1 aromatic carbocycles. The first-order chi connectivity index (χ1) is 43.1. The number of thioether (sulfide) groups is 4. The number of benzene rings is 1. The number of nitrogens with zero attached hydrogens (tertiary/aromatic N) is 13. The van der Waals surface area contributed by atoms with Gasteiger partial charge in [0.1, 0.15) is 106 Å². The molecule has 4 aromatic rings. The fraction of sp³-hybridized carbons (Fsp3) is 0.722. The van der Waals surface area contributed by atoms with Crippen molar-refractivity contribution in [3.05, 3.63) is 48.0 Å². The lowest BCUT2D eigenvalue weighted by Gasteiger charge is -2.38. The lowest BCUT2D eigenvalue weighted by Crippen LogP contribution is -2.59. The number of hydrogen-bond acceptors (Lipinski definition) is 27. The highest BCUT2D eigenvalue weighted by atomic mass is 35.5. The summed E-state index contributed by atoms with van der Waals surface area (Å²) in [4.78, 5) is 27.7. The Labute approximate surface area is 535 Å². The van der Waals surface area contributed by atoms with E-state index in [9.17, 15) is 45.6 Å². The van der Waals surface area contributed by atoms with Crippen LogP contribution >= 0.6 is 58.6 Å². The zero-order chi connectivity index (χ0) is 62.9. The van der Waals surface area contributed by atoms with Gasteiger partial charge in [0.25, 0.3) is 0 Å². The van der Waals surface area contributed by atoms with Crippen LogP contribution in [0.5, 0.6) is 0 Å². The number of rotatable bonds is 14. The van der Waals surface area contributed by atoms with Gasteiger partial charge in [-0.15, -0.1) is 26.9 Å².